The molecule has 0 radical (unpaired) electrons. The maximum absolute atomic E-state index is 8.71. The van der Waals surface area contributed by atoms with Crippen molar-refractivity contribution in [3.8, 4) is 12.1 Å². The number of aryl methyl sites for hydroxylation is 1. The van der Waals surface area contributed by atoms with E-state index in [1.54, 1.807) is 18.2 Å². The molecule has 0 bridgehead atoms. The molecule has 1 aromatic rings. The zero-order valence-electron chi connectivity index (χ0n) is 8.60. The Morgan fingerprint density at radius 1 is 1.20 bits per heavy atom. The van der Waals surface area contributed by atoms with E-state index in [4.69, 9.17) is 10.5 Å². The number of rotatable bonds is 2. The Labute approximate surface area is 88.5 Å². The Bertz CT molecular complexity index is 448. The van der Waals surface area contributed by atoms with E-state index in [9.17, 15) is 0 Å². The van der Waals surface area contributed by atoms with Crippen LogP contribution in [0.15, 0.2) is 34.5 Å². The molecule has 15 heavy (non-hydrogen) atoms. The van der Waals surface area contributed by atoms with Crippen LogP contribution in [0.5, 0.6) is 0 Å². The highest BCUT2D eigenvalue weighted by Gasteiger charge is 2.21. The predicted molar refractivity (Wildman–Crippen MR) is 55.3 cm³/mol. The summed E-state index contributed by atoms with van der Waals surface area (Å²) in [5.41, 5.74) is 0.233. The van der Waals surface area contributed by atoms with Crippen LogP contribution in [0.3, 0.4) is 0 Å². The fourth-order valence-electron chi connectivity index (χ4n) is 0.899. The van der Waals surface area contributed by atoms with Crippen LogP contribution in [0.4, 0.5) is 5.69 Å². The van der Waals surface area contributed by atoms with Gasteiger partial charge in [-0.2, -0.15) is 20.8 Å². The fraction of sp³-hybridized carbons (Fsp3) is 0.273. The van der Waals surface area contributed by atoms with Crippen LogP contribution in [0, 0.1) is 29.6 Å². The van der Waals surface area contributed by atoms with Crippen molar-refractivity contribution in [1.82, 2.24) is 0 Å². The lowest BCUT2D eigenvalue weighted by Crippen LogP contribution is -2.14. The number of hydrogen-bond donors (Lipinski definition) is 0. The lowest BCUT2D eigenvalue weighted by atomic mass is 10.1. The van der Waals surface area contributed by atoms with Gasteiger partial charge in [-0.05, 0) is 25.5 Å². The zero-order valence-corrected chi connectivity index (χ0v) is 8.60. The van der Waals surface area contributed by atoms with Crippen molar-refractivity contribution in [1.29, 1.82) is 10.5 Å². The van der Waals surface area contributed by atoms with Gasteiger partial charge in [-0.15, -0.1) is 0 Å². The monoisotopic (exact) mass is 198 g/mol. The molecule has 0 atom stereocenters. The van der Waals surface area contributed by atoms with Gasteiger partial charge in [0.2, 0.25) is 5.54 Å². The van der Waals surface area contributed by atoms with Crippen LogP contribution in [0.1, 0.15) is 12.5 Å². The highest BCUT2D eigenvalue weighted by Crippen LogP contribution is 2.20. The molecule has 0 spiro atoms. The predicted octanol–water partition coefficient (Wildman–Crippen LogP) is 2.88. The average Bonchev–Trinajstić information content (AvgIpc) is 2.28. The summed E-state index contributed by atoms with van der Waals surface area (Å²) >= 11 is 0. The van der Waals surface area contributed by atoms with Gasteiger partial charge in [-0.1, -0.05) is 18.2 Å². The zero-order chi connectivity index (χ0) is 11.3. The van der Waals surface area contributed by atoms with Gasteiger partial charge in [-0.3, -0.25) is 0 Å². The van der Waals surface area contributed by atoms with Crippen molar-refractivity contribution in [2.75, 3.05) is 0 Å². The van der Waals surface area contributed by atoms with E-state index in [0.29, 0.717) is 5.69 Å². The number of benzene rings is 1. The van der Waals surface area contributed by atoms with Crippen molar-refractivity contribution >= 4 is 5.69 Å². The number of azo groups is 1. The first-order chi connectivity index (χ1) is 7.11. The largest absolute Gasteiger partial charge is 0.249 e. The molecule has 1 aromatic carbocycles. The van der Waals surface area contributed by atoms with Crippen LogP contribution in [0.25, 0.3) is 0 Å². The molecule has 0 aliphatic heterocycles. The van der Waals surface area contributed by atoms with Gasteiger partial charge in [0.25, 0.3) is 0 Å². The third-order valence-corrected chi connectivity index (χ3v) is 1.91. The third kappa shape index (κ3) is 2.62. The molecule has 0 N–H and O–H groups in total. The molecule has 0 aliphatic carbocycles. The quantitative estimate of drug-likeness (QED) is 0.685. The second-order valence-corrected chi connectivity index (χ2v) is 3.28. The van der Waals surface area contributed by atoms with Crippen LogP contribution in [-0.4, -0.2) is 5.54 Å². The van der Waals surface area contributed by atoms with Crippen molar-refractivity contribution in [2.45, 2.75) is 19.4 Å². The first-order valence-corrected chi connectivity index (χ1v) is 4.42. The topological polar surface area (TPSA) is 72.3 Å². The first-order valence-electron chi connectivity index (χ1n) is 4.42. The van der Waals surface area contributed by atoms with Crippen LogP contribution < -0.4 is 0 Å². The highest BCUT2D eigenvalue weighted by molar-refractivity contribution is 5.44. The Morgan fingerprint density at radius 3 is 2.33 bits per heavy atom. The lowest BCUT2D eigenvalue weighted by molar-refractivity contribution is 0.719. The van der Waals surface area contributed by atoms with E-state index in [0.717, 1.165) is 5.56 Å². The van der Waals surface area contributed by atoms with E-state index in [-0.39, 0.29) is 0 Å². The molecule has 0 aliphatic rings. The maximum Gasteiger partial charge on any atom is 0.249 e. The molecule has 0 aromatic heterocycles. The highest BCUT2D eigenvalue weighted by atomic mass is 15.1. The number of nitriles is 2. The summed E-state index contributed by atoms with van der Waals surface area (Å²) in [7, 11) is 0. The fourth-order valence-corrected chi connectivity index (χ4v) is 0.899. The summed E-state index contributed by atoms with van der Waals surface area (Å²) < 4.78 is 0. The Morgan fingerprint density at radius 2 is 1.80 bits per heavy atom. The van der Waals surface area contributed by atoms with Crippen molar-refractivity contribution in [3.63, 3.8) is 0 Å². The standard InChI is InChI=1S/C11H10N4/c1-9-5-3-4-6-10(9)14-15-11(2,7-12)8-13/h3-6H,1-2H3. The molecule has 0 fully saturated rings. The van der Waals surface area contributed by atoms with Crippen LogP contribution >= 0.6 is 0 Å². The average molecular weight is 198 g/mol. The third-order valence-electron chi connectivity index (χ3n) is 1.91. The molecular weight excluding hydrogens is 188 g/mol. The van der Waals surface area contributed by atoms with Gasteiger partial charge in [0.05, 0.1) is 5.69 Å². The molecule has 0 saturated carbocycles. The van der Waals surface area contributed by atoms with E-state index in [1.165, 1.54) is 6.92 Å². The molecule has 0 heterocycles. The summed E-state index contributed by atoms with van der Waals surface area (Å²) in [5.74, 6) is 0. The number of hydrogen-bond acceptors (Lipinski definition) is 4. The Balaban J connectivity index is 2.99. The minimum atomic E-state index is -1.40. The van der Waals surface area contributed by atoms with E-state index >= 15 is 0 Å². The summed E-state index contributed by atoms with van der Waals surface area (Å²) in [6.07, 6.45) is 0. The van der Waals surface area contributed by atoms with Crippen molar-refractivity contribution in [2.24, 2.45) is 10.2 Å². The van der Waals surface area contributed by atoms with Crippen molar-refractivity contribution < 1.29 is 0 Å². The SMILES string of the molecule is Cc1ccccc1N=NC(C)(C#N)C#N. The Kier molecular flexibility index (Phi) is 3.15. The van der Waals surface area contributed by atoms with Crippen LogP contribution in [-0.2, 0) is 0 Å². The van der Waals surface area contributed by atoms with Crippen LogP contribution in [0.2, 0.25) is 0 Å². The lowest BCUT2D eigenvalue weighted by Gasteiger charge is -2.03. The van der Waals surface area contributed by atoms with E-state index < -0.39 is 5.54 Å². The minimum absolute atomic E-state index is 0.675. The molecule has 4 heteroatoms. The summed E-state index contributed by atoms with van der Waals surface area (Å²) in [6.45, 7) is 3.32. The molecule has 1 rings (SSSR count). The summed E-state index contributed by atoms with van der Waals surface area (Å²) in [5, 5.41) is 25.0. The van der Waals surface area contributed by atoms with E-state index in [2.05, 4.69) is 10.2 Å². The summed E-state index contributed by atoms with van der Waals surface area (Å²) in [6, 6.07) is 11.0. The Hall–Kier alpha value is -2.20. The van der Waals surface area contributed by atoms with Gasteiger partial charge in [0.1, 0.15) is 12.1 Å². The molecule has 0 amide bonds. The second kappa shape index (κ2) is 4.34. The summed E-state index contributed by atoms with van der Waals surface area (Å²) in [4.78, 5) is 0. The molecule has 0 saturated heterocycles. The minimum Gasteiger partial charge on any atom is -0.194 e. The normalized spacial score (nSPS) is 10.9. The van der Waals surface area contributed by atoms with Gasteiger partial charge < -0.3 is 0 Å². The van der Waals surface area contributed by atoms with Gasteiger partial charge in [-0.25, -0.2) is 0 Å². The van der Waals surface area contributed by atoms with E-state index in [1.807, 2.05) is 25.1 Å². The van der Waals surface area contributed by atoms with Gasteiger partial charge >= 0.3 is 0 Å². The molecule has 4 nitrogen and oxygen atoms in total. The molecule has 74 valence electrons. The molecule has 0 unspecified atom stereocenters. The number of nitrogens with zero attached hydrogens (tertiary/aromatic N) is 4. The van der Waals surface area contributed by atoms with Crippen molar-refractivity contribution in [3.05, 3.63) is 29.8 Å². The second-order valence-electron chi connectivity index (χ2n) is 3.28. The van der Waals surface area contributed by atoms with Gasteiger partial charge in [0, 0.05) is 0 Å². The smallest absolute Gasteiger partial charge is 0.194 e. The van der Waals surface area contributed by atoms with Gasteiger partial charge in [0.15, 0.2) is 0 Å². The molecular formula is C11H10N4. The first kappa shape index (κ1) is 10.9. The maximum atomic E-state index is 8.71.